The summed E-state index contributed by atoms with van der Waals surface area (Å²) in [6, 6.07) is 20.3. The van der Waals surface area contributed by atoms with E-state index < -0.39 is 28.5 Å². The first kappa shape index (κ1) is 28.9. The Morgan fingerprint density at radius 2 is 1.24 bits per heavy atom. The SMILES string of the molecule is Cc1ccc(CN(C(=O)CN(c2ccc(C)cc2)S(=O)(=O)c2ccc(C)cc2)[C@H](C)C(=O)NC(C)C)cc1. The zero-order valence-electron chi connectivity index (χ0n) is 22.9. The van der Waals surface area contributed by atoms with Crippen molar-refractivity contribution in [3.8, 4) is 0 Å². The van der Waals surface area contributed by atoms with Gasteiger partial charge in [-0.3, -0.25) is 13.9 Å². The molecule has 3 rings (SSSR count). The molecule has 0 saturated carbocycles. The largest absolute Gasteiger partial charge is 0.352 e. The van der Waals surface area contributed by atoms with Crippen LogP contribution in [0, 0.1) is 20.8 Å². The molecule has 8 heteroatoms. The number of rotatable bonds is 10. The van der Waals surface area contributed by atoms with Crippen LogP contribution in [0.5, 0.6) is 0 Å². The molecule has 2 amide bonds. The van der Waals surface area contributed by atoms with Crippen molar-refractivity contribution in [3.63, 3.8) is 0 Å². The molecule has 3 aromatic rings. The highest BCUT2D eigenvalue weighted by atomic mass is 32.2. The molecule has 0 aliphatic carbocycles. The minimum absolute atomic E-state index is 0.0900. The number of anilines is 1. The van der Waals surface area contributed by atoms with Crippen molar-refractivity contribution < 1.29 is 18.0 Å². The van der Waals surface area contributed by atoms with Gasteiger partial charge in [-0.15, -0.1) is 0 Å². The normalized spacial score (nSPS) is 12.2. The molecule has 3 aromatic carbocycles. The number of hydrogen-bond donors (Lipinski definition) is 1. The summed E-state index contributed by atoms with van der Waals surface area (Å²) in [5.41, 5.74) is 4.19. The molecule has 202 valence electrons. The van der Waals surface area contributed by atoms with Gasteiger partial charge in [-0.1, -0.05) is 65.2 Å². The lowest BCUT2D eigenvalue weighted by atomic mass is 10.1. The number of benzene rings is 3. The molecule has 0 unspecified atom stereocenters. The monoisotopic (exact) mass is 535 g/mol. The van der Waals surface area contributed by atoms with Gasteiger partial charge in [-0.2, -0.15) is 0 Å². The standard InChI is InChI=1S/C30H37N3O4S/c1-21(2)31-30(35)25(6)32(19-26-13-7-22(3)8-14-26)29(34)20-33(27-15-9-23(4)10-16-27)38(36,37)28-17-11-24(5)12-18-28/h7-18,21,25H,19-20H2,1-6H3,(H,31,35)/t25-/m1/s1. The first-order valence-corrected chi connectivity index (χ1v) is 14.1. The maximum Gasteiger partial charge on any atom is 0.264 e. The Bertz CT molecular complexity index is 1350. The Labute approximate surface area is 226 Å². The van der Waals surface area contributed by atoms with Gasteiger partial charge in [0.2, 0.25) is 11.8 Å². The van der Waals surface area contributed by atoms with Crippen LogP contribution in [0.25, 0.3) is 0 Å². The first-order valence-electron chi connectivity index (χ1n) is 12.7. The van der Waals surface area contributed by atoms with Crippen LogP contribution in [0.3, 0.4) is 0 Å². The maximum atomic E-state index is 13.9. The Morgan fingerprint density at radius 1 is 0.763 bits per heavy atom. The van der Waals surface area contributed by atoms with E-state index in [1.165, 1.54) is 4.90 Å². The van der Waals surface area contributed by atoms with Crippen molar-refractivity contribution in [2.24, 2.45) is 0 Å². The molecule has 0 aromatic heterocycles. The number of aryl methyl sites for hydroxylation is 3. The van der Waals surface area contributed by atoms with E-state index in [1.807, 2.05) is 58.9 Å². The van der Waals surface area contributed by atoms with Gasteiger partial charge in [0.15, 0.2) is 0 Å². The van der Waals surface area contributed by atoms with Crippen molar-refractivity contribution in [3.05, 3.63) is 95.1 Å². The van der Waals surface area contributed by atoms with Crippen LogP contribution in [0.1, 0.15) is 43.0 Å². The van der Waals surface area contributed by atoms with E-state index in [1.54, 1.807) is 55.5 Å². The quantitative estimate of drug-likeness (QED) is 0.406. The minimum Gasteiger partial charge on any atom is -0.352 e. The Kier molecular flexibility index (Phi) is 9.33. The molecule has 0 bridgehead atoms. The van der Waals surface area contributed by atoms with E-state index in [9.17, 15) is 18.0 Å². The second-order valence-electron chi connectivity index (χ2n) is 10.0. The van der Waals surface area contributed by atoms with E-state index in [-0.39, 0.29) is 23.4 Å². The Balaban J connectivity index is 2.02. The third-order valence-corrected chi connectivity index (χ3v) is 8.07. The minimum atomic E-state index is -4.07. The average Bonchev–Trinajstić information content (AvgIpc) is 2.87. The van der Waals surface area contributed by atoms with Crippen LogP contribution in [0.2, 0.25) is 0 Å². The summed E-state index contributed by atoms with van der Waals surface area (Å²) < 4.78 is 28.7. The lowest BCUT2D eigenvalue weighted by Crippen LogP contribution is -2.52. The zero-order chi connectivity index (χ0) is 28.0. The molecular formula is C30H37N3O4S. The average molecular weight is 536 g/mol. The molecule has 1 atom stereocenters. The summed E-state index contributed by atoms with van der Waals surface area (Å²) in [4.78, 5) is 28.3. The second kappa shape index (κ2) is 12.3. The predicted octanol–water partition coefficient (Wildman–Crippen LogP) is 4.75. The lowest BCUT2D eigenvalue weighted by molar-refractivity contribution is -0.139. The van der Waals surface area contributed by atoms with Gasteiger partial charge < -0.3 is 10.2 Å². The fourth-order valence-corrected chi connectivity index (χ4v) is 5.37. The van der Waals surface area contributed by atoms with Gasteiger partial charge >= 0.3 is 0 Å². The Morgan fingerprint density at radius 3 is 1.74 bits per heavy atom. The predicted molar refractivity (Wildman–Crippen MR) is 151 cm³/mol. The van der Waals surface area contributed by atoms with E-state index in [2.05, 4.69) is 5.32 Å². The van der Waals surface area contributed by atoms with Crippen molar-refractivity contribution in [1.29, 1.82) is 0 Å². The molecule has 0 aliphatic rings. The third-order valence-electron chi connectivity index (χ3n) is 6.28. The third kappa shape index (κ3) is 7.22. The first-order chi connectivity index (χ1) is 17.9. The molecule has 0 saturated heterocycles. The summed E-state index contributed by atoms with van der Waals surface area (Å²) in [6.07, 6.45) is 0. The highest BCUT2D eigenvalue weighted by molar-refractivity contribution is 7.92. The topological polar surface area (TPSA) is 86.8 Å². The summed E-state index contributed by atoms with van der Waals surface area (Å²) in [7, 11) is -4.07. The van der Waals surface area contributed by atoms with Gasteiger partial charge in [0, 0.05) is 12.6 Å². The van der Waals surface area contributed by atoms with Gasteiger partial charge in [0.1, 0.15) is 12.6 Å². The number of carbonyl (C=O) groups is 2. The molecule has 0 aliphatic heterocycles. The molecule has 1 N–H and O–H groups in total. The van der Waals surface area contributed by atoms with Crippen LogP contribution in [-0.4, -0.2) is 43.8 Å². The highest BCUT2D eigenvalue weighted by Crippen LogP contribution is 2.25. The van der Waals surface area contributed by atoms with Gasteiger partial charge in [0.25, 0.3) is 10.0 Å². The number of nitrogens with zero attached hydrogens (tertiary/aromatic N) is 2. The molecule has 0 heterocycles. The van der Waals surface area contributed by atoms with Crippen LogP contribution in [0.4, 0.5) is 5.69 Å². The molecule has 0 radical (unpaired) electrons. The van der Waals surface area contributed by atoms with Gasteiger partial charge in [0.05, 0.1) is 10.6 Å². The molecule has 7 nitrogen and oxygen atoms in total. The van der Waals surface area contributed by atoms with Crippen molar-refractivity contribution in [2.45, 2.75) is 65.1 Å². The summed E-state index contributed by atoms with van der Waals surface area (Å²) >= 11 is 0. The van der Waals surface area contributed by atoms with E-state index >= 15 is 0 Å². The summed E-state index contributed by atoms with van der Waals surface area (Å²) in [6.45, 7) is 10.8. The van der Waals surface area contributed by atoms with Gasteiger partial charge in [-0.25, -0.2) is 8.42 Å². The van der Waals surface area contributed by atoms with Crippen molar-refractivity contribution in [2.75, 3.05) is 10.8 Å². The fourth-order valence-electron chi connectivity index (χ4n) is 3.96. The molecule has 0 spiro atoms. The number of hydrogen-bond acceptors (Lipinski definition) is 4. The van der Waals surface area contributed by atoms with E-state index in [0.717, 1.165) is 26.6 Å². The molecule has 0 fully saturated rings. The van der Waals surface area contributed by atoms with Crippen molar-refractivity contribution >= 4 is 27.5 Å². The summed E-state index contributed by atoms with van der Waals surface area (Å²) in [5, 5.41) is 2.86. The number of carbonyl (C=O) groups excluding carboxylic acids is 2. The van der Waals surface area contributed by atoms with Crippen LogP contribution < -0.4 is 9.62 Å². The van der Waals surface area contributed by atoms with Crippen molar-refractivity contribution in [1.82, 2.24) is 10.2 Å². The fraction of sp³-hybridized carbons (Fsp3) is 0.333. The Hall–Kier alpha value is -3.65. The zero-order valence-corrected chi connectivity index (χ0v) is 23.7. The maximum absolute atomic E-state index is 13.9. The second-order valence-corrected chi connectivity index (χ2v) is 11.9. The summed E-state index contributed by atoms with van der Waals surface area (Å²) in [5.74, 6) is -0.781. The molecule has 38 heavy (non-hydrogen) atoms. The highest BCUT2D eigenvalue weighted by Gasteiger charge is 2.32. The van der Waals surface area contributed by atoms with Crippen LogP contribution in [-0.2, 0) is 26.2 Å². The number of amides is 2. The van der Waals surface area contributed by atoms with E-state index in [4.69, 9.17) is 0 Å². The van der Waals surface area contributed by atoms with Crippen LogP contribution >= 0.6 is 0 Å². The van der Waals surface area contributed by atoms with Crippen LogP contribution in [0.15, 0.2) is 77.7 Å². The van der Waals surface area contributed by atoms with E-state index in [0.29, 0.717) is 5.69 Å². The van der Waals surface area contributed by atoms with Gasteiger partial charge in [-0.05, 0) is 71.4 Å². The lowest BCUT2D eigenvalue weighted by Gasteiger charge is -2.32. The number of nitrogens with one attached hydrogen (secondary N) is 1. The molecular weight excluding hydrogens is 498 g/mol. The number of sulfonamides is 1. The smallest absolute Gasteiger partial charge is 0.264 e.